The van der Waals surface area contributed by atoms with Gasteiger partial charge in [-0.3, -0.25) is 0 Å². The molecule has 1 aromatic rings. The van der Waals surface area contributed by atoms with Crippen LogP contribution in [0.3, 0.4) is 0 Å². The number of hydrogen-bond acceptors (Lipinski definition) is 4. The molecule has 1 aromatic heterocycles. The van der Waals surface area contributed by atoms with Gasteiger partial charge in [0.2, 0.25) is 0 Å². The summed E-state index contributed by atoms with van der Waals surface area (Å²) in [5.41, 5.74) is 1.85. The molecular weight excluding hydrogens is 214 g/mol. The Kier molecular flexibility index (Phi) is 3.60. The van der Waals surface area contributed by atoms with Crippen LogP contribution < -0.4 is 5.32 Å². The smallest absolute Gasteiger partial charge is 0.140 e. The largest absolute Gasteiger partial charge is 0.385 e. The van der Waals surface area contributed by atoms with Gasteiger partial charge in [0.05, 0.1) is 11.9 Å². The van der Waals surface area contributed by atoms with E-state index in [1.54, 1.807) is 19.4 Å². The first-order valence-electron chi connectivity index (χ1n) is 5.87. The van der Waals surface area contributed by atoms with Crippen molar-refractivity contribution in [1.29, 1.82) is 5.26 Å². The summed E-state index contributed by atoms with van der Waals surface area (Å²) in [5, 5.41) is 12.0. The molecule has 1 N–H and O–H groups in total. The van der Waals surface area contributed by atoms with E-state index < -0.39 is 0 Å². The van der Waals surface area contributed by atoms with Crippen molar-refractivity contribution < 1.29 is 4.74 Å². The highest BCUT2D eigenvalue weighted by Gasteiger charge is 2.41. The maximum Gasteiger partial charge on any atom is 0.140 e. The average molecular weight is 231 g/mol. The van der Waals surface area contributed by atoms with E-state index in [4.69, 9.17) is 10.00 Å². The minimum absolute atomic E-state index is 0.421. The van der Waals surface area contributed by atoms with Crippen molar-refractivity contribution in [3.8, 4) is 6.07 Å². The van der Waals surface area contributed by atoms with Crippen molar-refractivity contribution in [3.63, 3.8) is 0 Å². The number of aromatic nitrogens is 1. The number of methoxy groups -OCH3 is 1. The second-order valence-electron chi connectivity index (χ2n) is 4.64. The summed E-state index contributed by atoms with van der Waals surface area (Å²) in [6.45, 7) is 1.79. The molecule has 0 amide bonds. The number of ether oxygens (including phenoxy) is 1. The summed E-state index contributed by atoms with van der Waals surface area (Å²) in [6, 6.07) is 5.65. The fourth-order valence-corrected chi connectivity index (χ4v) is 1.86. The molecule has 0 atom stereocenters. The summed E-state index contributed by atoms with van der Waals surface area (Å²) < 4.78 is 5.12. The normalized spacial score (nSPS) is 16.2. The molecule has 1 fully saturated rings. The highest BCUT2D eigenvalue weighted by molar-refractivity contribution is 5.43. The number of nitrogens with one attached hydrogen (secondary N) is 1. The molecule has 2 rings (SSSR count). The van der Waals surface area contributed by atoms with Gasteiger partial charge in [-0.1, -0.05) is 0 Å². The Labute approximate surface area is 102 Å². The van der Waals surface area contributed by atoms with E-state index in [2.05, 4.69) is 10.3 Å². The fraction of sp³-hybridized carbons (Fsp3) is 0.538. The number of nitrogens with zero attached hydrogens (tertiary/aromatic N) is 2. The highest BCUT2D eigenvalue weighted by Crippen LogP contribution is 2.48. The molecule has 90 valence electrons. The first-order valence-corrected chi connectivity index (χ1v) is 5.87. The Balaban J connectivity index is 1.83. The predicted molar refractivity (Wildman–Crippen MR) is 65.6 cm³/mol. The molecule has 0 radical (unpaired) electrons. The Bertz CT molecular complexity index is 404. The lowest BCUT2D eigenvalue weighted by atomic mass is 10.0. The minimum atomic E-state index is 0.421. The quantitative estimate of drug-likeness (QED) is 0.815. The number of rotatable bonds is 6. The molecular formula is C13H17N3O. The van der Waals surface area contributed by atoms with Crippen LogP contribution in [0.15, 0.2) is 18.3 Å². The minimum Gasteiger partial charge on any atom is -0.385 e. The lowest BCUT2D eigenvalue weighted by Gasteiger charge is -2.16. The topological polar surface area (TPSA) is 57.9 Å². The van der Waals surface area contributed by atoms with Crippen molar-refractivity contribution in [2.75, 3.05) is 25.6 Å². The Morgan fingerprint density at radius 1 is 1.53 bits per heavy atom. The second-order valence-corrected chi connectivity index (χ2v) is 4.64. The van der Waals surface area contributed by atoms with Gasteiger partial charge in [0.15, 0.2) is 0 Å². The summed E-state index contributed by atoms with van der Waals surface area (Å²) in [6.07, 6.45) is 5.37. The molecule has 4 heteroatoms. The third-order valence-corrected chi connectivity index (χ3v) is 3.34. The van der Waals surface area contributed by atoms with E-state index in [-0.39, 0.29) is 0 Å². The Hall–Kier alpha value is -1.60. The summed E-state index contributed by atoms with van der Waals surface area (Å²) in [5.74, 6) is 0. The van der Waals surface area contributed by atoms with Gasteiger partial charge < -0.3 is 10.1 Å². The van der Waals surface area contributed by atoms with Crippen LogP contribution in [0.2, 0.25) is 0 Å². The SMILES string of the molecule is COCCC1(CNc2ccc(C#N)nc2)CC1. The predicted octanol–water partition coefficient (Wildman–Crippen LogP) is 2.18. The van der Waals surface area contributed by atoms with Crippen molar-refractivity contribution in [3.05, 3.63) is 24.0 Å². The number of nitriles is 1. The zero-order valence-electron chi connectivity index (χ0n) is 10.1. The first-order chi connectivity index (χ1) is 8.28. The molecule has 0 spiro atoms. The van der Waals surface area contributed by atoms with E-state index in [1.165, 1.54) is 12.8 Å². The zero-order valence-corrected chi connectivity index (χ0v) is 10.1. The van der Waals surface area contributed by atoms with Crippen LogP contribution in [-0.4, -0.2) is 25.2 Å². The van der Waals surface area contributed by atoms with Crippen molar-refractivity contribution in [2.45, 2.75) is 19.3 Å². The van der Waals surface area contributed by atoms with Gasteiger partial charge in [-0.2, -0.15) is 5.26 Å². The van der Waals surface area contributed by atoms with Crippen LogP contribution in [0.5, 0.6) is 0 Å². The fourth-order valence-electron chi connectivity index (χ4n) is 1.86. The summed E-state index contributed by atoms with van der Waals surface area (Å²) in [7, 11) is 1.74. The third-order valence-electron chi connectivity index (χ3n) is 3.34. The molecule has 1 aliphatic rings. The number of pyridine rings is 1. The zero-order chi connectivity index (χ0) is 12.1. The molecule has 1 saturated carbocycles. The lowest BCUT2D eigenvalue weighted by molar-refractivity contribution is 0.175. The van der Waals surface area contributed by atoms with Crippen LogP contribution in [-0.2, 0) is 4.74 Å². The van der Waals surface area contributed by atoms with E-state index >= 15 is 0 Å². The standard InChI is InChI=1S/C13H17N3O/c1-17-7-6-13(4-5-13)10-16-12-3-2-11(8-14)15-9-12/h2-3,9,16H,4-7,10H2,1H3. The maximum atomic E-state index is 8.65. The van der Waals surface area contributed by atoms with Crippen molar-refractivity contribution >= 4 is 5.69 Å². The number of hydrogen-bond donors (Lipinski definition) is 1. The molecule has 1 aliphatic carbocycles. The highest BCUT2D eigenvalue weighted by atomic mass is 16.5. The van der Waals surface area contributed by atoms with Gasteiger partial charge in [0, 0.05) is 20.3 Å². The van der Waals surface area contributed by atoms with Crippen LogP contribution in [0, 0.1) is 16.7 Å². The van der Waals surface area contributed by atoms with Gasteiger partial charge in [0.25, 0.3) is 0 Å². The summed E-state index contributed by atoms with van der Waals surface area (Å²) >= 11 is 0. The molecule has 0 aliphatic heterocycles. The number of anilines is 1. The molecule has 0 saturated heterocycles. The van der Waals surface area contributed by atoms with E-state index in [0.717, 1.165) is 25.3 Å². The maximum absolute atomic E-state index is 8.65. The Morgan fingerprint density at radius 2 is 2.35 bits per heavy atom. The molecule has 0 bridgehead atoms. The molecule has 17 heavy (non-hydrogen) atoms. The van der Waals surface area contributed by atoms with E-state index in [0.29, 0.717) is 11.1 Å². The summed E-state index contributed by atoms with van der Waals surface area (Å²) in [4.78, 5) is 4.03. The monoisotopic (exact) mass is 231 g/mol. The van der Waals surface area contributed by atoms with Crippen molar-refractivity contribution in [1.82, 2.24) is 4.98 Å². The van der Waals surface area contributed by atoms with Gasteiger partial charge in [0.1, 0.15) is 11.8 Å². The first kappa shape index (κ1) is 11.9. The van der Waals surface area contributed by atoms with E-state index in [9.17, 15) is 0 Å². The third kappa shape index (κ3) is 3.18. The Morgan fingerprint density at radius 3 is 2.88 bits per heavy atom. The van der Waals surface area contributed by atoms with Crippen molar-refractivity contribution in [2.24, 2.45) is 5.41 Å². The van der Waals surface area contributed by atoms with E-state index in [1.807, 2.05) is 12.1 Å². The molecule has 0 aromatic carbocycles. The molecule has 0 unspecified atom stereocenters. The second kappa shape index (κ2) is 5.15. The van der Waals surface area contributed by atoms with Gasteiger partial charge in [-0.15, -0.1) is 0 Å². The van der Waals surface area contributed by atoms with Crippen LogP contribution in [0.1, 0.15) is 25.0 Å². The average Bonchev–Trinajstić information content (AvgIpc) is 3.15. The lowest BCUT2D eigenvalue weighted by Crippen LogP contribution is -2.17. The van der Waals surface area contributed by atoms with Crippen LogP contribution >= 0.6 is 0 Å². The van der Waals surface area contributed by atoms with Gasteiger partial charge >= 0.3 is 0 Å². The van der Waals surface area contributed by atoms with Gasteiger partial charge in [-0.25, -0.2) is 4.98 Å². The van der Waals surface area contributed by atoms with Crippen LogP contribution in [0.4, 0.5) is 5.69 Å². The molecule has 1 heterocycles. The molecule has 4 nitrogen and oxygen atoms in total. The van der Waals surface area contributed by atoms with Crippen LogP contribution in [0.25, 0.3) is 0 Å². The van der Waals surface area contributed by atoms with Gasteiger partial charge in [-0.05, 0) is 36.8 Å².